The predicted octanol–water partition coefficient (Wildman–Crippen LogP) is 2.40. The molecular formula is C23H22Cl2N4O7S. The van der Waals surface area contributed by atoms with Gasteiger partial charge in [-0.05, 0) is 31.2 Å². The molecule has 0 aliphatic heterocycles. The average molecular weight is 569 g/mol. The Morgan fingerprint density at radius 2 is 1.65 bits per heavy atom. The quantitative estimate of drug-likeness (QED) is 0.412. The second-order valence-electron chi connectivity index (χ2n) is 7.66. The summed E-state index contributed by atoms with van der Waals surface area (Å²) in [5, 5.41) is 1.91. The van der Waals surface area contributed by atoms with Gasteiger partial charge in [0.1, 0.15) is 10.7 Å². The summed E-state index contributed by atoms with van der Waals surface area (Å²) in [6.45, 7) is 0.908. The zero-order valence-corrected chi connectivity index (χ0v) is 22.2. The predicted molar refractivity (Wildman–Crippen MR) is 139 cm³/mol. The fraction of sp³-hybridized carbons (Fsp3) is 0.217. The zero-order valence-electron chi connectivity index (χ0n) is 19.9. The van der Waals surface area contributed by atoms with Crippen molar-refractivity contribution in [3.05, 3.63) is 85.0 Å². The number of nitrogens with one attached hydrogen (secondary N) is 1. The van der Waals surface area contributed by atoms with Crippen molar-refractivity contribution >= 4 is 56.6 Å². The number of amides is 1. The van der Waals surface area contributed by atoms with Gasteiger partial charge in [-0.1, -0.05) is 41.4 Å². The molecule has 3 rings (SSSR count). The Balaban J connectivity index is 1.83. The number of halogens is 2. The Bertz CT molecular complexity index is 1590. The fourth-order valence-electron chi connectivity index (χ4n) is 3.33. The van der Waals surface area contributed by atoms with Crippen molar-refractivity contribution in [3.63, 3.8) is 0 Å². The normalized spacial score (nSPS) is 11.2. The number of rotatable bonds is 8. The number of benzene rings is 2. The van der Waals surface area contributed by atoms with E-state index in [1.165, 1.54) is 14.1 Å². The number of esters is 1. The van der Waals surface area contributed by atoms with Gasteiger partial charge in [-0.3, -0.25) is 23.0 Å². The highest BCUT2D eigenvalue weighted by Gasteiger charge is 2.29. The third-order valence-electron chi connectivity index (χ3n) is 5.27. The van der Waals surface area contributed by atoms with E-state index in [0.717, 1.165) is 31.6 Å². The van der Waals surface area contributed by atoms with Crippen LogP contribution in [0.15, 0.2) is 63.0 Å². The van der Waals surface area contributed by atoms with Crippen LogP contribution in [-0.4, -0.2) is 42.6 Å². The van der Waals surface area contributed by atoms with Gasteiger partial charge in [0.05, 0.1) is 21.3 Å². The molecule has 1 amide bonds. The number of carbonyl (C=O) groups excluding carboxylic acids is 2. The Kier molecular flexibility index (Phi) is 8.46. The van der Waals surface area contributed by atoms with Crippen molar-refractivity contribution < 1.29 is 22.7 Å². The number of hydrogen-bond donors (Lipinski definition) is 1. The lowest BCUT2D eigenvalue weighted by Gasteiger charge is -2.23. The number of anilines is 2. The highest BCUT2D eigenvalue weighted by atomic mass is 35.5. The monoisotopic (exact) mass is 568 g/mol. The summed E-state index contributed by atoms with van der Waals surface area (Å²) in [6, 6.07) is 11.4. The van der Waals surface area contributed by atoms with Crippen LogP contribution in [0.1, 0.15) is 17.3 Å². The van der Waals surface area contributed by atoms with Crippen molar-refractivity contribution in [3.8, 4) is 0 Å². The number of para-hydroxylation sites is 1. The molecule has 196 valence electrons. The van der Waals surface area contributed by atoms with Crippen LogP contribution in [0.25, 0.3) is 0 Å². The summed E-state index contributed by atoms with van der Waals surface area (Å²) in [6.07, 6.45) is 0. The summed E-state index contributed by atoms with van der Waals surface area (Å²) < 4.78 is 34.7. The molecule has 0 aliphatic rings. The van der Waals surface area contributed by atoms with Crippen LogP contribution in [-0.2, 0) is 33.7 Å². The van der Waals surface area contributed by atoms with Crippen LogP contribution in [0.3, 0.4) is 0 Å². The molecule has 0 fully saturated rings. The van der Waals surface area contributed by atoms with Crippen LogP contribution in [0.4, 0.5) is 11.5 Å². The van der Waals surface area contributed by atoms with Gasteiger partial charge in [0.15, 0.2) is 6.61 Å². The van der Waals surface area contributed by atoms with Gasteiger partial charge in [0.2, 0.25) is 0 Å². The lowest BCUT2D eigenvalue weighted by molar-refractivity contribution is -0.119. The standard InChI is InChI=1S/C23H22Cl2N4O7S/c1-4-29(14-8-6-5-7-9-14)37(34,35)18-10-15(16(24)11-17(18)25)22(32)36-13-20(30)26-19-12-21(31)28(3)23(33)27(19)2/h5-12H,4,13H2,1-3H3,(H,26,30). The molecule has 0 spiro atoms. The first-order chi connectivity index (χ1) is 17.4. The molecule has 1 N–H and O–H groups in total. The van der Waals surface area contributed by atoms with Crippen LogP contribution < -0.4 is 20.9 Å². The van der Waals surface area contributed by atoms with Crippen molar-refractivity contribution in [1.82, 2.24) is 9.13 Å². The second kappa shape index (κ2) is 11.2. The van der Waals surface area contributed by atoms with Gasteiger partial charge in [0.25, 0.3) is 21.5 Å². The van der Waals surface area contributed by atoms with Crippen LogP contribution in [0, 0.1) is 0 Å². The van der Waals surface area contributed by atoms with Crippen molar-refractivity contribution in [2.45, 2.75) is 11.8 Å². The molecule has 0 saturated carbocycles. The first kappa shape index (κ1) is 28.0. The van der Waals surface area contributed by atoms with Crippen LogP contribution in [0.2, 0.25) is 10.0 Å². The second-order valence-corrected chi connectivity index (χ2v) is 10.3. The summed E-state index contributed by atoms with van der Waals surface area (Å²) in [4.78, 5) is 48.4. The third-order valence-corrected chi connectivity index (χ3v) is 7.95. The van der Waals surface area contributed by atoms with E-state index in [0.29, 0.717) is 5.69 Å². The summed E-state index contributed by atoms with van der Waals surface area (Å²) in [5.41, 5.74) is -1.25. The van der Waals surface area contributed by atoms with Crippen molar-refractivity contribution in [2.75, 3.05) is 22.8 Å². The smallest absolute Gasteiger partial charge is 0.340 e. The van der Waals surface area contributed by atoms with E-state index in [1.54, 1.807) is 37.3 Å². The third kappa shape index (κ3) is 5.87. The number of hydrogen-bond acceptors (Lipinski definition) is 7. The Morgan fingerprint density at radius 1 is 1.00 bits per heavy atom. The molecule has 1 heterocycles. The first-order valence-electron chi connectivity index (χ1n) is 10.7. The van der Waals surface area contributed by atoms with E-state index in [1.807, 2.05) is 0 Å². The summed E-state index contributed by atoms with van der Waals surface area (Å²) in [5.74, 6) is -2.04. The van der Waals surface area contributed by atoms with Crippen LogP contribution >= 0.6 is 23.2 Å². The molecule has 0 atom stereocenters. The highest BCUT2D eigenvalue weighted by molar-refractivity contribution is 7.93. The Labute approximate surface area is 221 Å². The highest BCUT2D eigenvalue weighted by Crippen LogP contribution is 2.33. The molecule has 2 aromatic carbocycles. The molecule has 0 aliphatic carbocycles. The van der Waals surface area contributed by atoms with E-state index < -0.39 is 39.8 Å². The Morgan fingerprint density at radius 3 is 2.27 bits per heavy atom. The molecule has 37 heavy (non-hydrogen) atoms. The minimum atomic E-state index is -4.20. The van der Waals surface area contributed by atoms with E-state index in [-0.39, 0.29) is 32.9 Å². The van der Waals surface area contributed by atoms with Crippen molar-refractivity contribution in [2.24, 2.45) is 14.1 Å². The molecule has 0 saturated heterocycles. The number of carbonyl (C=O) groups is 2. The number of aromatic nitrogens is 2. The van der Waals surface area contributed by atoms with E-state index in [4.69, 9.17) is 27.9 Å². The van der Waals surface area contributed by atoms with Crippen LogP contribution in [0.5, 0.6) is 0 Å². The van der Waals surface area contributed by atoms with E-state index in [9.17, 15) is 27.6 Å². The maximum Gasteiger partial charge on any atom is 0.340 e. The molecular weight excluding hydrogens is 547 g/mol. The average Bonchev–Trinajstić information content (AvgIpc) is 2.85. The largest absolute Gasteiger partial charge is 0.452 e. The van der Waals surface area contributed by atoms with Gasteiger partial charge in [-0.25, -0.2) is 18.0 Å². The SMILES string of the molecule is CCN(c1ccccc1)S(=O)(=O)c1cc(C(=O)OCC(=O)Nc2cc(=O)n(C)c(=O)n2C)c(Cl)cc1Cl. The minimum absolute atomic E-state index is 0.0797. The number of nitrogens with zero attached hydrogens (tertiary/aromatic N) is 3. The summed E-state index contributed by atoms with van der Waals surface area (Å²) >= 11 is 12.3. The fourth-order valence-corrected chi connectivity index (χ4v) is 5.63. The minimum Gasteiger partial charge on any atom is -0.452 e. The van der Waals surface area contributed by atoms with Gasteiger partial charge in [-0.2, -0.15) is 0 Å². The zero-order chi connectivity index (χ0) is 27.5. The topological polar surface area (TPSA) is 137 Å². The van der Waals surface area contributed by atoms with Gasteiger partial charge in [0, 0.05) is 26.7 Å². The van der Waals surface area contributed by atoms with E-state index in [2.05, 4.69) is 5.32 Å². The molecule has 0 bridgehead atoms. The molecule has 1 aromatic heterocycles. The van der Waals surface area contributed by atoms with Crippen molar-refractivity contribution in [1.29, 1.82) is 0 Å². The van der Waals surface area contributed by atoms with Gasteiger partial charge in [-0.15, -0.1) is 0 Å². The molecule has 11 nitrogen and oxygen atoms in total. The lowest BCUT2D eigenvalue weighted by atomic mass is 10.2. The maximum absolute atomic E-state index is 13.4. The summed E-state index contributed by atoms with van der Waals surface area (Å²) in [7, 11) is -1.58. The molecule has 14 heteroatoms. The molecule has 3 aromatic rings. The molecule has 0 unspecified atom stereocenters. The Hall–Kier alpha value is -3.61. The molecule has 0 radical (unpaired) electrons. The number of sulfonamides is 1. The maximum atomic E-state index is 13.4. The van der Waals surface area contributed by atoms with E-state index >= 15 is 0 Å². The van der Waals surface area contributed by atoms with Gasteiger partial charge >= 0.3 is 11.7 Å². The van der Waals surface area contributed by atoms with Gasteiger partial charge < -0.3 is 10.1 Å². The number of ether oxygens (including phenoxy) is 1. The first-order valence-corrected chi connectivity index (χ1v) is 12.9. The lowest BCUT2D eigenvalue weighted by Crippen LogP contribution is -2.38.